The van der Waals surface area contributed by atoms with Crippen molar-refractivity contribution < 1.29 is 22.8 Å². The van der Waals surface area contributed by atoms with Crippen molar-refractivity contribution in [1.82, 2.24) is 19.6 Å². The highest BCUT2D eigenvalue weighted by molar-refractivity contribution is 6.30. The Balaban J connectivity index is 1.75. The number of amides is 2. The maximum atomic E-state index is 13.6. The number of hydrogen-bond acceptors (Lipinski definition) is 3. The molecule has 0 aliphatic carbocycles. The van der Waals surface area contributed by atoms with Crippen molar-refractivity contribution in [3.63, 3.8) is 0 Å². The van der Waals surface area contributed by atoms with Crippen LogP contribution in [-0.4, -0.2) is 44.5 Å². The molecule has 164 valence electrons. The molecular formula is C22H16ClF3N4O2. The average molecular weight is 461 g/mol. The van der Waals surface area contributed by atoms with E-state index < -0.39 is 29.0 Å². The van der Waals surface area contributed by atoms with Crippen LogP contribution in [0, 0.1) is 0 Å². The van der Waals surface area contributed by atoms with Crippen LogP contribution in [-0.2, 0) is 18.9 Å². The van der Waals surface area contributed by atoms with Crippen molar-refractivity contribution in [2.24, 2.45) is 7.05 Å². The molecule has 1 saturated heterocycles. The predicted octanol–water partition coefficient (Wildman–Crippen LogP) is 3.91. The molecule has 2 aliphatic heterocycles. The van der Waals surface area contributed by atoms with Crippen LogP contribution in [0.2, 0.25) is 5.02 Å². The number of carbonyl (C=O) groups is 2. The molecule has 1 unspecified atom stereocenters. The van der Waals surface area contributed by atoms with E-state index in [1.165, 1.54) is 16.8 Å². The van der Waals surface area contributed by atoms with E-state index in [0.29, 0.717) is 21.7 Å². The van der Waals surface area contributed by atoms with Crippen LogP contribution in [0.4, 0.5) is 13.2 Å². The molecule has 2 amide bonds. The van der Waals surface area contributed by atoms with Crippen LogP contribution in [0.25, 0.3) is 0 Å². The average Bonchev–Trinajstić information content (AvgIpc) is 3.41. The van der Waals surface area contributed by atoms with Gasteiger partial charge in [0, 0.05) is 48.0 Å². The van der Waals surface area contributed by atoms with Gasteiger partial charge in [0.1, 0.15) is 0 Å². The molecule has 10 heteroatoms. The Morgan fingerprint density at radius 3 is 2.47 bits per heavy atom. The monoisotopic (exact) mass is 460 g/mol. The SMILES string of the molecule is Cn1cc(C(=O)N2CCN3C(=O)c4ccccc4C32c2ccc(Cl)cc2)c(C(F)(F)F)n1. The number of hydrogen-bond donors (Lipinski definition) is 0. The van der Waals surface area contributed by atoms with E-state index >= 15 is 0 Å². The Kier molecular flexibility index (Phi) is 4.39. The number of benzene rings is 2. The van der Waals surface area contributed by atoms with Crippen LogP contribution in [0.5, 0.6) is 0 Å². The molecule has 0 N–H and O–H groups in total. The Hall–Kier alpha value is -3.33. The first-order valence-corrected chi connectivity index (χ1v) is 10.1. The van der Waals surface area contributed by atoms with Crippen LogP contribution in [0.1, 0.15) is 37.5 Å². The van der Waals surface area contributed by atoms with Crippen LogP contribution >= 0.6 is 11.6 Å². The van der Waals surface area contributed by atoms with Crippen molar-refractivity contribution in [2.45, 2.75) is 11.8 Å². The van der Waals surface area contributed by atoms with Crippen LogP contribution in [0.3, 0.4) is 0 Å². The normalized spacial score (nSPS) is 20.0. The van der Waals surface area contributed by atoms with Gasteiger partial charge in [-0.3, -0.25) is 14.3 Å². The minimum Gasteiger partial charge on any atom is -0.306 e. The van der Waals surface area contributed by atoms with Crippen molar-refractivity contribution in [1.29, 1.82) is 0 Å². The highest BCUT2D eigenvalue weighted by Gasteiger charge is 2.60. The third-order valence-electron chi connectivity index (χ3n) is 5.93. The van der Waals surface area contributed by atoms with Gasteiger partial charge >= 0.3 is 6.18 Å². The zero-order valence-corrected chi connectivity index (χ0v) is 17.5. The largest absolute Gasteiger partial charge is 0.435 e. The van der Waals surface area contributed by atoms with E-state index in [1.54, 1.807) is 48.5 Å². The van der Waals surface area contributed by atoms with Crippen LogP contribution in [0.15, 0.2) is 54.7 Å². The second-order valence-corrected chi connectivity index (χ2v) is 8.14. The second-order valence-electron chi connectivity index (χ2n) is 7.70. The van der Waals surface area contributed by atoms with E-state index in [9.17, 15) is 22.8 Å². The van der Waals surface area contributed by atoms with Gasteiger partial charge in [0.15, 0.2) is 11.4 Å². The summed E-state index contributed by atoms with van der Waals surface area (Å²) in [5.74, 6) is -1.14. The first-order valence-electron chi connectivity index (χ1n) is 9.76. The summed E-state index contributed by atoms with van der Waals surface area (Å²) in [4.78, 5) is 29.7. The summed E-state index contributed by atoms with van der Waals surface area (Å²) in [5.41, 5.74) is -1.70. The zero-order chi connectivity index (χ0) is 22.8. The minimum atomic E-state index is -4.80. The lowest BCUT2D eigenvalue weighted by Crippen LogP contribution is -2.51. The third-order valence-corrected chi connectivity index (χ3v) is 6.18. The fraction of sp³-hybridized carbons (Fsp3) is 0.227. The molecule has 1 aromatic heterocycles. The lowest BCUT2D eigenvalue weighted by atomic mass is 9.89. The number of nitrogens with zero attached hydrogens (tertiary/aromatic N) is 4. The van der Waals surface area contributed by atoms with Gasteiger partial charge in [0.2, 0.25) is 0 Å². The molecule has 5 rings (SSSR count). The Bertz CT molecular complexity index is 1250. The van der Waals surface area contributed by atoms with Gasteiger partial charge in [-0.25, -0.2) is 0 Å². The summed E-state index contributed by atoms with van der Waals surface area (Å²) in [7, 11) is 1.33. The van der Waals surface area contributed by atoms with Crippen molar-refractivity contribution in [3.8, 4) is 0 Å². The molecule has 0 bridgehead atoms. The number of alkyl halides is 3. The predicted molar refractivity (Wildman–Crippen MR) is 109 cm³/mol. The van der Waals surface area contributed by atoms with Gasteiger partial charge in [-0.05, 0) is 18.2 Å². The standard InChI is InChI=1S/C22H16ClF3N4O2/c1-28-12-16(18(27-28)22(24,25)26)20(32)30-11-10-29-19(31)15-4-2-3-5-17(15)21(29,30)13-6-8-14(23)9-7-13/h2-9,12H,10-11H2,1H3. The number of halogens is 4. The molecule has 1 atom stereocenters. The molecule has 2 aliphatic rings. The molecule has 0 saturated carbocycles. The highest BCUT2D eigenvalue weighted by atomic mass is 35.5. The zero-order valence-electron chi connectivity index (χ0n) is 16.7. The van der Waals surface area contributed by atoms with Gasteiger partial charge in [0.25, 0.3) is 11.8 Å². The first kappa shape index (κ1) is 20.6. The van der Waals surface area contributed by atoms with E-state index in [-0.39, 0.29) is 19.0 Å². The summed E-state index contributed by atoms with van der Waals surface area (Å²) in [5, 5.41) is 3.93. The molecule has 0 radical (unpaired) electrons. The Labute approximate surface area is 185 Å². The summed E-state index contributed by atoms with van der Waals surface area (Å²) in [6.07, 6.45) is -3.74. The molecular weight excluding hydrogens is 445 g/mol. The lowest BCUT2D eigenvalue weighted by Gasteiger charge is -2.40. The lowest BCUT2D eigenvalue weighted by molar-refractivity contribution is -0.141. The molecule has 1 fully saturated rings. The Morgan fingerprint density at radius 1 is 1.09 bits per heavy atom. The van der Waals surface area contributed by atoms with E-state index in [2.05, 4.69) is 5.10 Å². The quantitative estimate of drug-likeness (QED) is 0.582. The number of aryl methyl sites for hydroxylation is 1. The highest BCUT2D eigenvalue weighted by Crippen LogP contribution is 2.50. The molecule has 2 aromatic carbocycles. The minimum absolute atomic E-state index is 0.0632. The summed E-state index contributed by atoms with van der Waals surface area (Å²) in [6, 6.07) is 13.4. The van der Waals surface area contributed by atoms with E-state index in [0.717, 1.165) is 10.9 Å². The van der Waals surface area contributed by atoms with Crippen LogP contribution < -0.4 is 0 Å². The van der Waals surface area contributed by atoms with Gasteiger partial charge in [-0.2, -0.15) is 18.3 Å². The first-order chi connectivity index (χ1) is 15.2. The molecule has 3 heterocycles. The topological polar surface area (TPSA) is 58.4 Å². The van der Waals surface area contributed by atoms with Gasteiger partial charge in [-0.1, -0.05) is 41.9 Å². The van der Waals surface area contributed by atoms with Gasteiger partial charge in [0.05, 0.1) is 5.56 Å². The maximum absolute atomic E-state index is 13.6. The number of aromatic nitrogens is 2. The molecule has 0 spiro atoms. The van der Waals surface area contributed by atoms with Gasteiger partial charge in [-0.15, -0.1) is 0 Å². The number of fused-ring (bicyclic) bond motifs is 3. The second kappa shape index (κ2) is 6.83. The fourth-order valence-electron chi connectivity index (χ4n) is 4.73. The number of carbonyl (C=O) groups excluding carboxylic acids is 2. The molecule has 3 aromatic rings. The summed E-state index contributed by atoms with van der Waals surface area (Å²) in [6.45, 7) is 0.233. The van der Waals surface area contributed by atoms with Crippen molar-refractivity contribution >= 4 is 23.4 Å². The smallest absolute Gasteiger partial charge is 0.306 e. The maximum Gasteiger partial charge on any atom is 0.435 e. The summed E-state index contributed by atoms with van der Waals surface area (Å²) >= 11 is 6.06. The van der Waals surface area contributed by atoms with Crippen molar-refractivity contribution in [2.75, 3.05) is 13.1 Å². The van der Waals surface area contributed by atoms with E-state index in [1.807, 2.05) is 0 Å². The number of rotatable bonds is 2. The summed E-state index contributed by atoms with van der Waals surface area (Å²) < 4.78 is 41.8. The molecule has 6 nitrogen and oxygen atoms in total. The molecule has 32 heavy (non-hydrogen) atoms. The fourth-order valence-corrected chi connectivity index (χ4v) is 4.85. The Morgan fingerprint density at radius 2 is 1.78 bits per heavy atom. The van der Waals surface area contributed by atoms with Gasteiger partial charge < -0.3 is 9.80 Å². The van der Waals surface area contributed by atoms with Crippen molar-refractivity contribution in [3.05, 3.63) is 87.7 Å². The van der Waals surface area contributed by atoms with E-state index in [4.69, 9.17) is 11.6 Å². The third kappa shape index (κ3) is 2.70.